The van der Waals surface area contributed by atoms with Gasteiger partial charge in [-0.05, 0) is 18.2 Å². The summed E-state index contributed by atoms with van der Waals surface area (Å²) in [6.07, 6.45) is -3.50. The number of carbonyl (C=O) groups excluding carboxylic acids is 3. The fraction of sp³-hybridized carbons (Fsp3) is 0.286. The monoisotopic (exact) mass is 445 g/mol. The Morgan fingerprint density at radius 3 is 2.47 bits per heavy atom. The standard InChI is InChI=1S/C21H17F2N3O6/c22-21(23)31-15-4-3-14(11-17(15)32-21)25-5-7-26(8-6-25)20(29)19(28)24-13-2-1-12-9-18(27)30-16(12)10-13/h1-4,10-11H,5-9H2,(H,24,28). The van der Waals surface area contributed by atoms with Crippen LogP contribution in [0, 0.1) is 0 Å². The molecule has 3 heterocycles. The average Bonchev–Trinajstić information content (AvgIpc) is 3.28. The number of fused-ring (bicyclic) bond motifs is 2. The third-order valence-corrected chi connectivity index (χ3v) is 5.39. The number of amides is 2. The van der Waals surface area contributed by atoms with Gasteiger partial charge in [0.15, 0.2) is 11.5 Å². The number of carbonyl (C=O) groups is 3. The first-order chi connectivity index (χ1) is 15.3. The SMILES string of the molecule is O=C1Cc2ccc(NC(=O)C(=O)N3CCN(c4ccc5c(c4)OC(F)(F)O5)CC3)cc2O1. The molecule has 9 nitrogen and oxygen atoms in total. The minimum Gasteiger partial charge on any atom is -0.426 e. The highest BCUT2D eigenvalue weighted by Crippen LogP contribution is 2.43. The van der Waals surface area contributed by atoms with Gasteiger partial charge in [0, 0.05) is 55.2 Å². The van der Waals surface area contributed by atoms with Crippen molar-refractivity contribution in [3.63, 3.8) is 0 Å². The Bertz CT molecular complexity index is 1130. The molecule has 0 aromatic heterocycles. The zero-order valence-corrected chi connectivity index (χ0v) is 16.6. The van der Waals surface area contributed by atoms with E-state index in [0.29, 0.717) is 30.2 Å². The minimum absolute atomic E-state index is 0.0365. The van der Waals surface area contributed by atoms with E-state index < -0.39 is 18.1 Å². The number of ether oxygens (including phenoxy) is 3. The lowest BCUT2D eigenvalue weighted by Gasteiger charge is -2.35. The van der Waals surface area contributed by atoms with Crippen LogP contribution < -0.4 is 24.4 Å². The van der Waals surface area contributed by atoms with Crippen LogP contribution in [-0.2, 0) is 20.8 Å². The maximum atomic E-state index is 13.2. The van der Waals surface area contributed by atoms with Crippen molar-refractivity contribution >= 4 is 29.2 Å². The largest absolute Gasteiger partial charge is 0.586 e. The number of hydrogen-bond acceptors (Lipinski definition) is 7. The van der Waals surface area contributed by atoms with E-state index in [9.17, 15) is 23.2 Å². The molecule has 0 radical (unpaired) electrons. The quantitative estimate of drug-likeness (QED) is 0.427. The number of esters is 1. The smallest absolute Gasteiger partial charge is 0.426 e. The van der Waals surface area contributed by atoms with Gasteiger partial charge in [0.25, 0.3) is 0 Å². The number of alkyl halides is 2. The summed E-state index contributed by atoms with van der Waals surface area (Å²) >= 11 is 0. The van der Waals surface area contributed by atoms with Crippen LogP contribution in [-0.4, -0.2) is 55.2 Å². The fourth-order valence-corrected chi connectivity index (χ4v) is 3.82. The zero-order valence-electron chi connectivity index (χ0n) is 16.6. The molecule has 0 spiro atoms. The zero-order chi connectivity index (χ0) is 22.5. The van der Waals surface area contributed by atoms with E-state index in [1.807, 2.05) is 4.90 Å². The van der Waals surface area contributed by atoms with Gasteiger partial charge in [-0.15, -0.1) is 8.78 Å². The summed E-state index contributed by atoms with van der Waals surface area (Å²) in [4.78, 5) is 39.6. The number of anilines is 2. The van der Waals surface area contributed by atoms with Crippen LogP contribution in [0.1, 0.15) is 5.56 Å². The van der Waals surface area contributed by atoms with E-state index in [4.69, 9.17) is 4.74 Å². The second kappa shape index (κ2) is 7.36. The second-order valence-electron chi connectivity index (χ2n) is 7.51. The van der Waals surface area contributed by atoms with Crippen LogP contribution in [0.3, 0.4) is 0 Å². The molecule has 166 valence electrons. The summed E-state index contributed by atoms with van der Waals surface area (Å²) in [7, 11) is 0. The number of halogens is 2. The molecule has 1 N–H and O–H groups in total. The highest BCUT2D eigenvalue weighted by molar-refractivity contribution is 6.39. The van der Waals surface area contributed by atoms with Gasteiger partial charge < -0.3 is 29.3 Å². The highest BCUT2D eigenvalue weighted by atomic mass is 19.3. The number of benzene rings is 2. The molecular weight excluding hydrogens is 428 g/mol. The Morgan fingerprint density at radius 2 is 1.69 bits per heavy atom. The molecule has 1 saturated heterocycles. The van der Waals surface area contributed by atoms with Gasteiger partial charge in [0.05, 0.1) is 6.42 Å². The molecular formula is C21H17F2N3O6. The predicted molar refractivity (Wildman–Crippen MR) is 106 cm³/mol. The maximum absolute atomic E-state index is 13.2. The fourth-order valence-electron chi connectivity index (χ4n) is 3.82. The van der Waals surface area contributed by atoms with Crippen LogP contribution in [0.2, 0.25) is 0 Å². The van der Waals surface area contributed by atoms with Crippen LogP contribution in [0.25, 0.3) is 0 Å². The molecule has 32 heavy (non-hydrogen) atoms. The maximum Gasteiger partial charge on any atom is 0.586 e. The topological polar surface area (TPSA) is 97.4 Å². The molecule has 0 unspecified atom stereocenters. The first kappa shape index (κ1) is 20.0. The number of piperazine rings is 1. The van der Waals surface area contributed by atoms with E-state index in [-0.39, 0.29) is 37.0 Å². The molecule has 3 aliphatic heterocycles. The van der Waals surface area contributed by atoms with Gasteiger partial charge in [-0.25, -0.2) is 0 Å². The lowest BCUT2D eigenvalue weighted by atomic mass is 10.1. The highest BCUT2D eigenvalue weighted by Gasteiger charge is 2.43. The van der Waals surface area contributed by atoms with Gasteiger partial charge in [0.1, 0.15) is 5.75 Å². The van der Waals surface area contributed by atoms with Gasteiger partial charge >= 0.3 is 24.1 Å². The summed E-state index contributed by atoms with van der Waals surface area (Å²) in [5, 5.41) is 2.53. The van der Waals surface area contributed by atoms with Crippen LogP contribution >= 0.6 is 0 Å². The minimum atomic E-state index is -3.68. The van der Waals surface area contributed by atoms with Crippen LogP contribution in [0.15, 0.2) is 36.4 Å². The van der Waals surface area contributed by atoms with Crippen molar-refractivity contribution in [1.29, 1.82) is 0 Å². The second-order valence-corrected chi connectivity index (χ2v) is 7.51. The first-order valence-corrected chi connectivity index (χ1v) is 9.86. The van der Waals surface area contributed by atoms with Crippen molar-refractivity contribution in [1.82, 2.24) is 4.90 Å². The molecule has 0 saturated carbocycles. The molecule has 2 aromatic carbocycles. The summed E-state index contributed by atoms with van der Waals surface area (Å²) in [6, 6.07) is 9.28. The molecule has 0 bridgehead atoms. The normalized spacial score (nSPS) is 18.2. The molecule has 1 fully saturated rings. The van der Waals surface area contributed by atoms with Gasteiger partial charge in [-0.3, -0.25) is 14.4 Å². The van der Waals surface area contributed by atoms with Crippen molar-refractivity contribution in [2.45, 2.75) is 12.7 Å². The van der Waals surface area contributed by atoms with Gasteiger partial charge in [-0.2, -0.15) is 0 Å². The summed E-state index contributed by atoms with van der Waals surface area (Å²) in [5.41, 5.74) is 1.73. The molecule has 11 heteroatoms. The summed E-state index contributed by atoms with van der Waals surface area (Å²) in [5.74, 6) is -1.57. The lowest BCUT2D eigenvalue weighted by Crippen LogP contribution is -2.51. The third kappa shape index (κ3) is 3.77. The Balaban J connectivity index is 1.18. The van der Waals surface area contributed by atoms with E-state index in [2.05, 4.69) is 14.8 Å². The van der Waals surface area contributed by atoms with Gasteiger partial charge in [0.2, 0.25) is 0 Å². The van der Waals surface area contributed by atoms with E-state index in [1.165, 1.54) is 23.1 Å². The summed E-state index contributed by atoms with van der Waals surface area (Å²) < 4.78 is 40.3. The Labute approximate surface area is 180 Å². The van der Waals surface area contributed by atoms with Crippen molar-refractivity contribution in [2.75, 3.05) is 36.4 Å². The lowest BCUT2D eigenvalue weighted by molar-refractivity contribution is -0.286. The molecule has 0 aliphatic carbocycles. The first-order valence-electron chi connectivity index (χ1n) is 9.86. The molecule has 0 atom stereocenters. The van der Waals surface area contributed by atoms with E-state index >= 15 is 0 Å². The van der Waals surface area contributed by atoms with Crippen molar-refractivity contribution in [3.8, 4) is 17.2 Å². The third-order valence-electron chi connectivity index (χ3n) is 5.39. The molecule has 3 aliphatic rings. The van der Waals surface area contributed by atoms with Crippen LogP contribution in [0.5, 0.6) is 17.2 Å². The number of nitrogens with one attached hydrogen (secondary N) is 1. The number of hydrogen-bond donors (Lipinski definition) is 1. The van der Waals surface area contributed by atoms with Crippen molar-refractivity contribution in [3.05, 3.63) is 42.0 Å². The number of nitrogens with zero attached hydrogens (tertiary/aromatic N) is 2. The Morgan fingerprint density at radius 1 is 0.938 bits per heavy atom. The van der Waals surface area contributed by atoms with E-state index in [0.717, 1.165) is 5.56 Å². The van der Waals surface area contributed by atoms with E-state index in [1.54, 1.807) is 18.2 Å². The molecule has 2 amide bonds. The Hall–Kier alpha value is -3.89. The van der Waals surface area contributed by atoms with Crippen molar-refractivity contribution < 1.29 is 37.4 Å². The number of rotatable bonds is 2. The molecule has 2 aromatic rings. The van der Waals surface area contributed by atoms with Crippen LogP contribution in [0.4, 0.5) is 20.2 Å². The van der Waals surface area contributed by atoms with Crippen molar-refractivity contribution in [2.24, 2.45) is 0 Å². The average molecular weight is 445 g/mol. The predicted octanol–water partition coefficient (Wildman–Crippen LogP) is 1.76. The van der Waals surface area contributed by atoms with Gasteiger partial charge in [-0.1, -0.05) is 6.07 Å². The summed E-state index contributed by atoms with van der Waals surface area (Å²) in [6.45, 7) is 1.37. The Kier molecular flexibility index (Phi) is 4.61. The molecule has 5 rings (SSSR count).